The van der Waals surface area contributed by atoms with Crippen LogP contribution in [0.15, 0.2) is 6.07 Å². The number of hydrogen-bond acceptors (Lipinski definition) is 3. The number of aromatic nitrogens is 1. The van der Waals surface area contributed by atoms with Crippen LogP contribution in [0.25, 0.3) is 10.9 Å². The second kappa shape index (κ2) is 5.58. The minimum Gasteiger partial charge on any atom is -0.377 e. The van der Waals surface area contributed by atoms with Gasteiger partial charge in [-0.15, -0.1) is 0 Å². The van der Waals surface area contributed by atoms with E-state index in [9.17, 15) is 4.79 Å². The Hall–Kier alpha value is -1.43. The molecule has 3 heterocycles. The van der Waals surface area contributed by atoms with Gasteiger partial charge < -0.3 is 20.4 Å². The number of ether oxygens (including phenoxy) is 1. The van der Waals surface area contributed by atoms with Crippen molar-refractivity contribution in [3.8, 4) is 0 Å². The van der Waals surface area contributed by atoms with Crippen LogP contribution in [-0.2, 0) is 16.0 Å². The number of aromatic amines is 1. The maximum Gasteiger partial charge on any atom is 0.227 e. The molecule has 4 rings (SSSR count). The average Bonchev–Trinajstić information content (AvgIpc) is 2.80. The quantitative estimate of drug-likeness (QED) is 0.777. The van der Waals surface area contributed by atoms with Crippen molar-refractivity contribution in [1.29, 1.82) is 0 Å². The van der Waals surface area contributed by atoms with Crippen LogP contribution in [0.2, 0.25) is 10.0 Å². The molecule has 2 aliphatic heterocycles. The molecule has 122 valence electrons. The molecule has 2 aliphatic rings. The number of H-pyrrole nitrogens is 1. The zero-order chi connectivity index (χ0) is 16.1. The zero-order valence-electron chi connectivity index (χ0n) is 12.6. The fourth-order valence-electron chi connectivity index (χ4n) is 3.32. The summed E-state index contributed by atoms with van der Waals surface area (Å²) in [6, 6.07) is 2.10. The van der Waals surface area contributed by atoms with Gasteiger partial charge in [0, 0.05) is 29.7 Å². The van der Waals surface area contributed by atoms with Crippen molar-refractivity contribution in [3.05, 3.63) is 27.4 Å². The minimum atomic E-state index is -0.239. The molecule has 3 N–H and O–H groups in total. The molecule has 0 radical (unpaired) electrons. The van der Waals surface area contributed by atoms with Gasteiger partial charge in [-0.25, -0.2) is 0 Å². The average molecular weight is 354 g/mol. The lowest BCUT2D eigenvalue weighted by molar-refractivity contribution is -0.121. The van der Waals surface area contributed by atoms with Gasteiger partial charge in [-0.1, -0.05) is 23.2 Å². The molecule has 1 saturated heterocycles. The highest BCUT2D eigenvalue weighted by Crippen LogP contribution is 2.42. The number of hydrogen-bond donors (Lipinski definition) is 3. The summed E-state index contributed by atoms with van der Waals surface area (Å²) in [7, 11) is 0. The fraction of sp³-hybridized carbons (Fsp3) is 0.438. The number of anilines is 1. The Morgan fingerprint density at radius 2 is 2.13 bits per heavy atom. The lowest BCUT2D eigenvalue weighted by atomic mass is 9.96. The van der Waals surface area contributed by atoms with Crippen molar-refractivity contribution in [2.24, 2.45) is 0 Å². The highest BCUT2D eigenvalue weighted by atomic mass is 35.5. The molecule has 5 nitrogen and oxygen atoms in total. The molecule has 1 fully saturated rings. The number of benzene rings is 1. The van der Waals surface area contributed by atoms with E-state index in [1.54, 1.807) is 0 Å². The van der Waals surface area contributed by atoms with E-state index in [4.69, 9.17) is 27.9 Å². The van der Waals surface area contributed by atoms with E-state index >= 15 is 0 Å². The Morgan fingerprint density at radius 3 is 2.83 bits per heavy atom. The van der Waals surface area contributed by atoms with E-state index < -0.39 is 0 Å². The summed E-state index contributed by atoms with van der Waals surface area (Å²) in [6.07, 6.45) is 0.750. The van der Waals surface area contributed by atoms with Crippen molar-refractivity contribution < 1.29 is 9.53 Å². The predicted octanol–water partition coefficient (Wildman–Crippen LogP) is 3.06. The van der Waals surface area contributed by atoms with Gasteiger partial charge in [0.1, 0.15) is 0 Å². The van der Waals surface area contributed by atoms with Gasteiger partial charge in [-0.05, 0) is 18.6 Å². The third-order valence-corrected chi connectivity index (χ3v) is 5.38. The molecule has 0 saturated carbocycles. The second-order valence-electron chi connectivity index (χ2n) is 6.13. The van der Waals surface area contributed by atoms with Crippen LogP contribution in [0, 0.1) is 0 Å². The van der Waals surface area contributed by atoms with Crippen LogP contribution in [0.5, 0.6) is 0 Å². The van der Waals surface area contributed by atoms with Gasteiger partial charge in [-0.2, -0.15) is 0 Å². The standard InChI is InChI=1S/C16H17Cl2N3O2/c1-7-12-10(2-3-19-16(7)22)21-15-13(12)11(4-9(17)14(15)18)20-8-5-23-6-8/h4,7-8,20-21H,2-3,5-6H2,1H3,(H,19,22)/t7-/m1/s1. The number of halogens is 2. The maximum atomic E-state index is 12.2. The molecule has 0 aliphatic carbocycles. The number of fused-ring (bicyclic) bond motifs is 3. The molecular weight excluding hydrogens is 337 g/mol. The first-order valence-corrected chi connectivity index (χ1v) is 8.46. The monoisotopic (exact) mass is 353 g/mol. The summed E-state index contributed by atoms with van der Waals surface area (Å²) >= 11 is 12.7. The SMILES string of the molecule is C[C@H]1C(=O)NCCc2[nH]c3c(Cl)c(Cl)cc(NC4COC4)c3c21. The maximum absolute atomic E-state index is 12.2. The Balaban J connectivity index is 1.95. The molecule has 2 aromatic rings. The predicted molar refractivity (Wildman–Crippen MR) is 91.7 cm³/mol. The summed E-state index contributed by atoms with van der Waals surface area (Å²) in [5, 5.41) is 8.36. The Kier molecular flexibility index (Phi) is 3.67. The lowest BCUT2D eigenvalue weighted by Crippen LogP contribution is -2.40. The Bertz CT molecular complexity index is 798. The van der Waals surface area contributed by atoms with E-state index in [1.807, 2.05) is 13.0 Å². The highest BCUT2D eigenvalue weighted by Gasteiger charge is 2.29. The van der Waals surface area contributed by atoms with Crippen molar-refractivity contribution in [2.45, 2.75) is 25.3 Å². The largest absolute Gasteiger partial charge is 0.377 e. The molecule has 23 heavy (non-hydrogen) atoms. The first-order valence-electron chi connectivity index (χ1n) is 7.70. The zero-order valence-corrected chi connectivity index (χ0v) is 14.1. The molecule has 1 aromatic heterocycles. The highest BCUT2D eigenvalue weighted by molar-refractivity contribution is 6.45. The Morgan fingerprint density at radius 1 is 1.35 bits per heavy atom. The van der Waals surface area contributed by atoms with Crippen LogP contribution in [0.1, 0.15) is 24.1 Å². The normalized spacial score (nSPS) is 21.5. The van der Waals surface area contributed by atoms with Crippen LogP contribution in [-0.4, -0.2) is 36.7 Å². The van der Waals surface area contributed by atoms with Crippen LogP contribution < -0.4 is 10.6 Å². The van der Waals surface area contributed by atoms with Crippen molar-refractivity contribution in [1.82, 2.24) is 10.3 Å². The van der Waals surface area contributed by atoms with Gasteiger partial charge in [0.25, 0.3) is 0 Å². The van der Waals surface area contributed by atoms with Crippen LogP contribution in [0.4, 0.5) is 5.69 Å². The first-order chi connectivity index (χ1) is 11.1. The third-order valence-electron chi connectivity index (χ3n) is 4.59. The van der Waals surface area contributed by atoms with E-state index in [0.717, 1.165) is 34.3 Å². The van der Waals surface area contributed by atoms with E-state index in [0.29, 0.717) is 29.8 Å². The molecule has 1 amide bonds. The number of carbonyl (C=O) groups excluding carboxylic acids is 1. The molecule has 0 spiro atoms. The molecule has 1 atom stereocenters. The van der Waals surface area contributed by atoms with Crippen molar-refractivity contribution >= 4 is 45.7 Å². The summed E-state index contributed by atoms with van der Waals surface area (Å²) in [4.78, 5) is 15.6. The molecule has 0 bridgehead atoms. The van der Waals surface area contributed by atoms with Crippen molar-refractivity contribution in [3.63, 3.8) is 0 Å². The number of carbonyl (C=O) groups is 1. The van der Waals surface area contributed by atoms with Gasteiger partial charge in [0.2, 0.25) is 5.91 Å². The summed E-state index contributed by atoms with van der Waals surface area (Å²) in [5.41, 5.74) is 3.76. The van der Waals surface area contributed by atoms with Gasteiger partial charge in [-0.3, -0.25) is 4.79 Å². The van der Waals surface area contributed by atoms with Crippen LogP contribution >= 0.6 is 23.2 Å². The smallest absolute Gasteiger partial charge is 0.227 e. The fourth-order valence-corrected chi connectivity index (χ4v) is 3.71. The summed E-state index contributed by atoms with van der Waals surface area (Å²) in [5.74, 6) is -0.203. The van der Waals surface area contributed by atoms with E-state index in [2.05, 4.69) is 15.6 Å². The third kappa shape index (κ3) is 2.38. The lowest BCUT2D eigenvalue weighted by Gasteiger charge is -2.28. The second-order valence-corrected chi connectivity index (χ2v) is 6.91. The molecular formula is C16H17Cl2N3O2. The number of nitrogens with one attached hydrogen (secondary N) is 3. The molecule has 0 unspecified atom stereocenters. The summed E-state index contributed by atoms with van der Waals surface area (Å²) < 4.78 is 5.23. The summed E-state index contributed by atoms with van der Waals surface area (Å²) in [6.45, 7) is 3.88. The minimum absolute atomic E-state index is 0.0358. The van der Waals surface area contributed by atoms with Gasteiger partial charge in [0.15, 0.2) is 0 Å². The van der Waals surface area contributed by atoms with E-state index in [1.165, 1.54) is 0 Å². The Labute approximate surface area is 143 Å². The van der Waals surface area contributed by atoms with E-state index in [-0.39, 0.29) is 17.9 Å². The first kappa shape index (κ1) is 15.1. The van der Waals surface area contributed by atoms with Crippen LogP contribution in [0.3, 0.4) is 0 Å². The molecule has 1 aromatic carbocycles. The number of amides is 1. The van der Waals surface area contributed by atoms with Gasteiger partial charge >= 0.3 is 0 Å². The van der Waals surface area contributed by atoms with Gasteiger partial charge in [0.05, 0.1) is 40.7 Å². The number of rotatable bonds is 2. The topological polar surface area (TPSA) is 66.2 Å². The molecule has 7 heteroatoms. The van der Waals surface area contributed by atoms with Crippen molar-refractivity contribution in [2.75, 3.05) is 25.1 Å².